The Morgan fingerprint density at radius 1 is 1.47 bits per heavy atom. The number of nitrogens with two attached hydrogens (primary N) is 1. The molecular weight excluding hydrogens is 221 g/mol. The van der Waals surface area contributed by atoms with E-state index in [4.69, 9.17) is 15.9 Å². The summed E-state index contributed by atoms with van der Waals surface area (Å²) in [7, 11) is 3.57. The molecule has 0 radical (unpaired) electrons. The number of likely N-dealkylation sites (N-methyl/N-ethyl adjacent to an activating group) is 1. The van der Waals surface area contributed by atoms with Crippen molar-refractivity contribution >= 4 is 5.84 Å². The molecule has 5 heteroatoms. The first kappa shape index (κ1) is 13.6. The second kappa shape index (κ2) is 6.32. The van der Waals surface area contributed by atoms with Crippen molar-refractivity contribution in [1.82, 2.24) is 4.90 Å². The summed E-state index contributed by atoms with van der Waals surface area (Å²) >= 11 is 0. The van der Waals surface area contributed by atoms with E-state index >= 15 is 0 Å². The number of nitrogens with one attached hydrogen (secondary N) is 1. The van der Waals surface area contributed by atoms with Crippen LogP contribution < -0.4 is 5.73 Å². The van der Waals surface area contributed by atoms with Crippen molar-refractivity contribution in [3.05, 3.63) is 35.1 Å². The van der Waals surface area contributed by atoms with Gasteiger partial charge in [-0.25, -0.2) is 4.39 Å². The van der Waals surface area contributed by atoms with Crippen LogP contribution in [0.5, 0.6) is 0 Å². The minimum Gasteiger partial charge on any atom is -0.384 e. The lowest BCUT2D eigenvalue weighted by Crippen LogP contribution is -2.22. The van der Waals surface area contributed by atoms with Gasteiger partial charge in [0.1, 0.15) is 11.7 Å². The van der Waals surface area contributed by atoms with Crippen LogP contribution in [0.4, 0.5) is 4.39 Å². The number of hydrogen-bond donors (Lipinski definition) is 2. The summed E-state index contributed by atoms with van der Waals surface area (Å²) in [4.78, 5) is 2.02. The van der Waals surface area contributed by atoms with Crippen LogP contribution in [0.2, 0.25) is 0 Å². The summed E-state index contributed by atoms with van der Waals surface area (Å²) in [5.41, 5.74) is 6.56. The Morgan fingerprint density at radius 3 is 2.76 bits per heavy atom. The monoisotopic (exact) mass is 239 g/mol. The third kappa shape index (κ3) is 4.50. The zero-order chi connectivity index (χ0) is 12.8. The van der Waals surface area contributed by atoms with Crippen LogP contribution in [0.1, 0.15) is 11.1 Å². The molecule has 0 bridgehead atoms. The molecule has 0 saturated carbocycles. The van der Waals surface area contributed by atoms with Gasteiger partial charge in [0.25, 0.3) is 0 Å². The smallest absolute Gasteiger partial charge is 0.124 e. The highest BCUT2D eigenvalue weighted by molar-refractivity contribution is 5.95. The number of benzene rings is 1. The Bertz CT molecular complexity index is 395. The lowest BCUT2D eigenvalue weighted by atomic mass is 10.1. The molecule has 0 atom stereocenters. The van der Waals surface area contributed by atoms with Crippen molar-refractivity contribution < 1.29 is 9.13 Å². The molecule has 0 fully saturated rings. The number of amidine groups is 1. The number of nitrogens with zero attached hydrogens (tertiary/aromatic N) is 1. The maximum absolute atomic E-state index is 13.3. The van der Waals surface area contributed by atoms with E-state index in [2.05, 4.69) is 0 Å². The van der Waals surface area contributed by atoms with Gasteiger partial charge in [0.2, 0.25) is 0 Å². The number of halogens is 1. The Balaban J connectivity index is 2.73. The van der Waals surface area contributed by atoms with Gasteiger partial charge in [-0.05, 0) is 30.8 Å². The van der Waals surface area contributed by atoms with Crippen LogP contribution in [0.25, 0.3) is 0 Å². The van der Waals surface area contributed by atoms with Crippen LogP contribution in [0.3, 0.4) is 0 Å². The Kier molecular flexibility index (Phi) is 5.06. The number of rotatable bonds is 6. The molecule has 3 N–H and O–H groups in total. The number of nitrogen functional groups attached to an aromatic ring is 1. The van der Waals surface area contributed by atoms with Crippen molar-refractivity contribution in [2.45, 2.75) is 6.54 Å². The van der Waals surface area contributed by atoms with E-state index in [1.807, 2.05) is 11.9 Å². The minimum atomic E-state index is -0.368. The molecule has 0 unspecified atom stereocenters. The van der Waals surface area contributed by atoms with Gasteiger partial charge in [-0.1, -0.05) is 0 Å². The highest BCUT2D eigenvalue weighted by Gasteiger charge is 2.05. The molecular formula is C12H18FN3O. The zero-order valence-electron chi connectivity index (χ0n) is 10.2. The molecule has 1 rings (SSSR count). The lowest BCUT2D eigenvalue weighted by Gasteiger charge is -2.16. The van der Waals surface area contributed by atoms with Crippen LogP contribution in [-0.4, -0.2) is 38.0 Å². The van der Waals surface area contributed by atoms with Gasteiger partial charge >= 0.3 is 0 Å². The largest absolute Gasteiger partial charge is 0.384 e. The second-order valence-corrected chi connectivity index (χ2v) is 3.99. The molecule has 94 valence electrons. The second-order valence-electron chi connectivity index (χ2n) is 3.99. The number of methoxy groups -OCH3 is 1. The average molecular weight is 239 g/mol. The van der Waals surface area contributed by atoms with Crippen molar-refractivity contribution in [1.29, 1.82) is 5.41 Å². The minimum absolute atomic E-state index is 0.120. The lowest BCUT2D eigenvalue weighted by molar-refractivity contribution is 0.158. The number of hydrogen-bond acceptors (Lipinski definition) is 3. The average Bonchev–Trinajstić information content (AvgIpc) is 2.25. The van der Waals surface area contributed by atoms with Gasteiger partial charge in [0.05, 0.1) is 6.61 Å². The topological polar surface area (TPSA) is 62.3 Å². The molecule has 0 aliphatic rings. The zero-order valence-corrected chi connectivity index (χ0v) is 10.2. The van der Waals surface area contributed by atoms with E-state index in [1.165, 1.54) is 12.1 Å². The Hall–Kier alpha value is -1.46. The standard InChI is InChI=1S/C12H18FN3O/c1-16(3-4-17-2)8-9-5-10(12(14)15)7-11(13)6-9/h5-7H,3-4,8H2,1-2H3,(H3,14,15). The van der Waals surface area contributed by atoms with Crippen LogP contribution >= 0.6 is 0 Å². The fourth-order valence-corrected chi connectivity index (χ4v) is 1.54. The maximum atomic E-state index is 13.3. The molecule has 0 amide bonds. The van der Waals surface area contributed by atoms with E-state index in [1.54, 1.807) is 13.2 Å². The van der Waals surface area contributed by atoms with Gasteiger partial charge in [0, 0.05) is 25.8 Å². The normalized spacial score (nSPS) is 10.8. The molecule has 17 heavy (non-hydrogen) atoms. The van der Waals surface area contributed by atoms with Crippen LogP contribution in [0.15, 0.2) is 18.2 Å². The molecule has 0 aliphatic carbocycles. The molecule has 0 aromatic heterocycles. The van der Waals surface area contributed by atoms with Crippen LogP contribution in [-0.2, 0) is 11.3 Å². The van der Waals surface area contributed by atoms with Gasteiger partial charge in [-0.15, -0.1) is 0 Å². The summed E-state index contributed by atoms with van der Waals surface area (Å²) in [5, 5.41) is 7.30. The van der Waals surface area contributed by atoms with Crippen molar-refractivity contribution in [3.8, 4) is 0 Å². The van der Waals surface area contributed by atoms with Gasteiger partial charge in [-0.3, -0.25) is 10.3 Å². The van der Waals surface area contributed by atoms with Crippen LogP contribution in [0, 0.1) is 11.2 Å². The first-order valence-electron chi connectivity index (χ1n) is 5.34. The third-order valence-electron chi connectivity index (χ3n) is 2.40. The van der Waals surface area contributed by atoms with E-state index in [9.17, 15) is 4.39 Å². The Labute approximate surface area is 101 Å². The van der Waals surface area contributed by atoms with E-state index < -0.39 is 0 Å². The van der Waals surface area contributed by atoms with Gasteiger partial charge in [-0.2, -0.15) is 0 Å². The van der Waals surface area contributed by atoms with Crippen molar-refractivity contribution in [3.63, 3.8) is 0 Å². The SMILES string of the molecule is COCCN(C)Cc1cc(F)cc(C(=N)N)c1. The summed E-state index contributed by atoms with van der Waals surface area (Å²) in [6.45, 7) is 2.00. The van der Waals surface area contributed by atoms with E-state index in [0.717, 1.165) is 12.1 Å². The fourth-order valence-electron chi connectivity index (χ4n) is 1.54. The molecule has 1 aromatic carbocycles. The fraction of sp³-hybridized carbons (Fsp3) is 0.417. The van der Waals surface area contributed by atoms with Gasteiger partial charge < -0.3 is 10.5 Å². The van der Waals surface area contributed by atoms with E-state index in [0.29, 0.717) is 18.7 Å². The molecule has 0 aliphatic heterocycles. The first-order chi connectivity index (χ1) is 8.02. The molecule has 1 aromatic rings. The summed E-state index contributed by atoms with van der Waals surface area (Å²) in [6.07, 6.45) is 0. The molecule has 4 nitrogen and oxygen atoms in total. The van der Waals surface area contributed by atoms with Crippen molar-refractivity contribution in [2.75, 3.05) is 27.3 Å². The molecule has 0 spiro atoms. The molecule has 0 heterocycles. The van der Waals surface area contributed by atoms with E-state index in [-0.39, 0.29) is 11.7 Å². The highest BCUT2D eigenvalue weighted by Crippen LogP contribution is 2.10. The predicted molar refractivity (Wildman–Crippen MR) is 65.6 cm³/mol. The van der Waals surface area contributed by atoms with Crippen molar-refractivity contribution in [2.24, 2.45) is 5.73 Å². The number of ether oxygens (including phenoxy) is 1. The van der Waals surface area contributed by atoms with Gasteiger partial charge in [0.15, 0.2) is 0 Å². The molecule has 0 saturated heterocycles. The highest BCUT2D eigenvalue weighted by atomic mass is 19.1. The predicted octanol–water partition coefficient (Wildman–Crippen LogP) is 1.19. The third-order valence-corrected chi connectivity index (χ3v) is 2.40. The summed E-state index contributed by atoms with van der Waals surface area (Å²) in [6, 6.07) is 4.45. The first-order valence-corrected chi connectivity index (χ1v) is 5.34. The quantitative estimate of drug-likeness (QED) is 0.579. The summed E-state index contributed by atoms with van der Waals surface area (Å²) < 4.78 is 18.3. The summed E-state index contributed by atoms with van der Waals surface area (Å²) in [5.74, 6) is -0.488. The Morgan fingerprint density at radius 2 is 2.18 bits per heavy atom. The maximum Gasteiger partial charge on any atom is 0.124 e.